The number of hydrogen-bond donors (Lipinski definition) is 8. The van der Waals surface area contributed by atoms with E-state index >= 15 is 0 Å². The van der Waals surface area contributed by atoms with Gasteiger partial charge in [0.25, 0.3) is 47.3 Å². The summed E-state index contributed by atoms with van der Waals surface area (Å²) in [6, 6.07) is 33.9. The maximum atomic E-state index is 14.8. The SMILES string of the molecule is CCCCCOC(=O)COc1cc2nc(c1)C(=O)NCc1cc3cc(c1)-c1cc4cc(c1)CNC(=O)c1cc(cc(C(=O)OCCCCC)c1)C(=O)NCc1cc(cc(c1)-c1cc(cc(c1)CNC(=O)c1cc(OCC(=O)OCCCCC)cc(n1)C(=O)NC3)CNC2=O)CNC(=O)c1cc(cc(C(=O)OCCCCC)c1)C(=O)NC4. The molecule has 28 nitrogen and oxygen atoms in total. The lowest BCUT2D eigenvalue weighted by Gasteiger charge is -2.17. The molecule has 0 radical (unpaired) electrons. The number of amides is 8. The highest BCUT2D eigenvalue weighted by Gasteiger charge is 2.26. The number of nitrogens with one attached hydrogen (secondary N) is 8. The molecule has 0 unspecified atom stereocenters. The molecule has 604 valence electrons. The molecule has 0 atom stereocenters. The predicted octanol–water partition coefficient (Wildman–Crippen LogP) is 11.1. The molecule has 8 N–H and O–H groups in total. The van der Waals surface area contributed by atoms with Crippen LogP contribution in [0.2, 0.25) is 0 Å². The number of benzene rings is 6. The van der Waals surface area contributed by atoms with Crippen LogP contribution in [-0.4, -0.2) is 121 Å². The third-order valence-corrected chi connectivity index (χ3v) is 19.1. The van der Waals surface area contributed by atoms with Gasteiger partial charge < -0.3 is 71.0 Å². The summed E-state index contributed by atoms with van der Waals surface area (Å²) in [5.41, 5.74) is 3.66. The van der Waals surface area contributed by atoms with Crippen molar-refractivity contribution in [2.24, 2.45) is 0 Å². The number of aromatic nitrogens is 2. The second-order valence-corrected chi connectivity index (χ2v) is 28.5. The number of hydrogen-bond acceptors (Lipinski definition) is 20. The molecule has 5 heterocycles. The van der Waals surface area contributed by atoms with Crippen molar-refractivity contribution in [2.75, 3.05) is 39.6 Å². The molecule has 3 aliphatic heterocycles. The van der Waals surface area contributed by atoms with Crippen LogP contribution in [0.4, 0.5) is 0 Å². The summed E-state index contributed by atoms with van der Waals surface area (Å²) < 4.78 is 34.0. The maximum Gasteiger partial charge on any atom is 0.344 e. The smallest absolute Gasteiger partial charge is 0.344 e. The van der Waals surface area contributed by atoms with Gasteiger partial charge in [0.05, 0.1) is 37.6 Å². The minimum Gasteiger partial charge on any atom is -0.482 e. The third kappa shape index (κ3) is 24.0. The van der Waals surface area contributed by atoms with Crippen LogP contribution in [0, 0.1) is 0 Å². The Hall–Kier alpha value is -13.1. The van der Waals surface area contributed by atoms with E-state index < -0.39 is 84.3 Å². The number of carbonyl (C=O) groups is 12. The minimum absolute atomic E-state index is 0.0707. The van der Waals surface area contributed by atoms with Crippen LogP contribution in [0.5, 0.6) is 11.5 Å². The molecule has 3 aliphatic rings. The Kier molecular flexibility index (Phi) is 29.7. The molecule has 11 rings (SSSR count). The quantitative estimate of drug-likeness (QED) is 0.0158. The van der Waals surface area contributed by atoms with Gasteiger partial charge in [0.1, 0.15) is 34.3 Å². The van der Waals surface area contributed by atoms with Gasteiger partial charge in [-0.3, -0.25) is 38.4 Å². The van der Waals surface area contributed by atoms with E-state index in [0.717, 1.165) is 51.4 Å². The molecule has 0 fully saturated rings. The topological polar surface area (TPSA) is 382 Å². The fourth-order valence-corrected chi connectivity index (χ4v) is 13.1. The number of rotatable bonds is 24. The van der Waals surface area contributed by atoms with Crippen molar-refractivity contribution in [3.8, 4) is 33.8 Å². The van der Waals surface area contributed by atoms with Crippen molar-refractivity contribution < 1.29 is 86.0 Å². The fraction of sp³-hybridized carbons (Fsp3) is 0.341. The molecule has 20 bridgehead atoms. The van der Waals surface area contributed by atoms with Gasteiger partial charge in [-0.15, -0.1) is 0 Å². The summed E-state index contributed by atoms with van der Waals surface area (Å²) in [7, 11) is 0. The molecule has 116 heavy (non-hydrogen) atoms. The zero-order valence-corrected chi connectivity index (χ0v) is 65.3. The highest BCUT2D eigenvalue weighted by atomic mass is 16.6. The van der Waals surface area contributed by atoms with E-state index in [9.17, 15) is 57.5 Å². The second-order valence-electron chi connectivity index (χ2n) is 28.5. The molecule has 0 spiro atoms. The van der Waals surface area contributed by atoms with E-state index in [1.807, 2.05) is 27.7 Å². The summed E-state index contributed by atoms with van der Waals surface area (Å²) >= 11 is 0. The van der Waals surface area contributed by atoms with E-state index in [0.29, 0.717) is 92.4 Å². The molecule has 0 saturated heterocycles. The monoisotopic (exact) mass is 1580 g/mol. The first kappa shape index (κ1) is 83.8. The molecule has 0 aliphatic carbocycles. The second kappa shape index (κ2) is 41.1. The predicted molar refractivity (Wildman–Crippen MR) is 426 cm³/mol. The van der Waals surface area contributed by atoms with Crippen molar-refractivity contribution in [1.82, 2.24) is 52.5 Å². The van der Waals surface area contributed by atoms with Gasteiger partial charge in [-0.1, -0.05) is 103 Å². The number of unbranched alkanes of at least 4 members (excludes halogenated alkanes) is 8. The van der Waals surface area contributed by atoms with Gasteiger partial charge in [-0.05, 0) is 177 Å². The average Bonchev–Trinajstić information content (AvgIpc) is 0.813. The standard InChI is InChI=1S/C88H94N10O18/c1-5-9-13-17-111-77(99)51-115-71-39-73-83(105)93-47-57-23-59-31-63(29-57)61-25-53-21-55(27-61)45-91-81(103)67-34-68(38-70(37-67)88(110)114-20-16-12-8-4)82(104)92-46-56-22-54(44-90-80(102)66-33-65(79(101)89-43-53)35-69(36-66)87(109)113-19-15-11-7-3)26-62(28-56)64-30-58(48-94-84(106)74(40-71)97-73)24-60(32-64)50-96-86(108)76-42-72(41-75(98-76)85(107)95-49-59)116-52-78(100)112-18-14-10-6-2/h21-42H,5-20,43-52H2,1-4H3,(H,89,101)(H,90,102)(H,91,103)(H,92,104)(H,93,105)(H,94,106)(H,95,107)(H,96,108). The van der Waals surface area contributed by atoms with Gasteiger partial charge in [-0.25, -0.2) is 29.1 Å². The number of carbonyl (C=O) groups excluding carboxylic acids is 12. The number of nitrogens with zero attached hydrogens (tertiary/aromatic N) is 2. The molecule has 0 saturated carbocycles. The first-order valence-electron chi connectivity index (χ1n) is 39.2. The van der Waals surface area contributed by atoms with Crippen molar-refractivity contribution in [2.45, 2.75) is 157 Å². The minimum atomic E-state index is -0.784. The Balaban J connectivity index is 1.12. The summed E-state index contributed by atoms with van der Waals surface area (Å²) in [6.07, 6.45) is 9.11. The van der Waals surface area contributed by atoms with E-state index in [4.69, 9.17) is 28.4 Å². The van der Waals surface area contributed by atoms with E-state index in [1.54, 1.807) is 72.8 Å². The molecule has 8 aromatic rings. The Morgan fingerprint density at radius 1 is 0.267 bits per heavy atom. The zero-order valence-electron chi connectivity index (χ0n) is 65.3. The summed E-state index contributed by atoms with van der Waals surface area (Å²) in [5, 5.41) is 23.4. The fourth-order valence-electron chi connectivity index (χ4n) is 13.1. The Bertz CT molecular complexity index is 4520. The van der Waals surface area contributed by atoms with E-state index in [1.165, 1.54) is 60.7 Å². The van der Waals surface area contributed by atoms with Crippen molar-refractivity contribution in [3.63, 3.8) is 0 Å². The molecule has 2 aromatic heterocycles. The van der Waals surface area contributed by atoms with Crippen molar-refractivity contribution in [1.29, 1.82) is 0 Å². The number of ether oxygens (including phenoxy) is 6. The highest BCUT2D eigenvalue weighted by molar-refractivity contribution is 6.05. The number of esters is 4. The maximum absolute atomic E-state index is 14.8. The lowest BCUT2D eigenvalue weighted by Crippen LogP contribution is -2.29. The van der Waals surface area contributed by atoms with Crippen LogP contribution < -0.4 is 52.0 Å². The van der Waals surface area contributed by atoms with E-state index in [2.05, 4.69) is 52.5 Å². The van der Waals surface area contributed by atoms with Gasteiger partial charge in [-0.2, -0.15) is 0 Å². The summed E-state index contributed by atoms with van der Waals surface area (Å²) in [6.45, 7) is 5.50. The number of fused-ring (bicyclic) bond motifs is 22. The molecular formula is C88H94N10O18. The zero-order chi connectivity index (χ0) is 82.0. The van der Waals surface area contributed by atoms with Crippen LogP contribution in [0.25, 0.3) is 22.3 Å². The lowest BCUT2D eigenvalue weighted by molar-refractivity contribution is -0.147. The van der Waals surface area contributed by atoms with E-state index in [-0.39, 0.29) is 146 Å². The third-order valence-electron chi connectivity index (χ3n) is 19.1. The summed E-state index contributed by atoms with van der Waals surface area (Å²) in [5.74, 6) is -8.98. The van der Waals surface area contributed by atoms with Crippen LogP contribution in [0.15, 0.2) is 133 Å². The molecule has 8 amide bonds. The van der Waals surface area contributed by atoms with Gasteiger partial charge in [0, 0.05) is 98.9 Å². The Morgan fingerprint density at radius 3 is 0.724 bits per heavy atom. The van der Waals surface area contributed by atoms with Crippen LogP contribution in [0.3, 0.4) is 0 Å². The Labute approximate surface area is 671 Å². The summed E-state index contributed by atoms with van der Waals surface area (Å²) in [4.78, 5) is 181. The van der Waals surface area contributed by atoms with Crippen LogP contribution in [0.1, 0.15) is 253 Å². The number of pyridine rings is 2. The van der Waals surface area contributed by atoms with Crippen molar-refractivity contribution in [3.05, 3.63) is 234 Å². The first-order valence-corrected chi connectivity index (χ1v) is 39.2. The first-order chi connectivity index (χ1) is 56.2. The Morgan fingerprint density at radius 2 is 0.491 bits per heavy atom. The normalized spacial score (nSPS) is 13.8. The van der Waals surface area contributed by atoms with Crippen LogP contribution >= 0.6 is 0 Å². The van der Waals surface area contributed by atoms with Gasteiger partial charge >= 0.3 is 23.9 Å². The molecule has 6 aromatic carbocycles. The average molecular weight is 1580 g/mol. The molecule has 28 heteroatoms. The van der Waals surface area contributed by atoms with Gasteiger partial charge in [0.15, 0.2) is 13.2 Å². The molecular weight excluding hydrogens is 1490 g/mol. The lowest BCUT2D eigenvalue weighted by atomic mass is 9.95. The van der Waals surface area contributed by atoms with Gasteiger partial charge in [0.2, 0.25) is 0 Å². The van der Waals surface area contributed by atoms with Crippen LogP contribution in [-0.2, 0) is 80.9 Å². The largest absolute Gasteiger partial charge is 0.482 e. The van der Waals surface area contributed by atoms with Crippen molar-refractivity contribution >= 4 is 71.1 Å². The highest BCUT2D eigenvalue weighted by Crippen LogP contribution is 2.30.